The van der Waals surface area contributed by atoms with Crippen LogP contribution in [0.15, 0.2) is 36.5 Å². The molecule has 1 N–H and O–H groups in total. The Hall–Kier alpha value is -1.81. The number of hydrogen-bond acceptors (Lipinski definition) is 1. The number of aromatic carboxylic acids is 1. The number of rotatable bonds is 4. The van der Waals surface area contributed by atoms with Crippen LogP contribution < -0.4 is 0 Å². The highest BCUT2D eigenvalue weighted by atomic mass is 35.5. The van der Waals surface area contributed by atoms with Crippen LogP contribution >= 0.6 is 11.6 Å². The summed E-state index contributed by atoms with van der Waals surface area (Å²) in [5.41, 5.74) is 0.662. The Morgan fingerprint density at radius 1 is 1.39 bits per heavy atom. The molecule has 0 bridgehead atoms. The first-order valence-corrected chi connectivity index (χ1v) is 5.78. The molecule has 0 aliphatic rings. The summed E-state index contributed by atoms with van der Waals surface area (Å²) in [6.45, 7) is 0.370. The minimum atomic E-state index is -1.05. The fourth-order valence-corrected chi connectivity index (χ4v) is 2.00. The van der Waals surface area contributed by atoms with Crippen molar-refractivity contribution in [2.75, 3.05) is 0 Å². The predicted octanol–water partition coefficient (Wildman–Crippen LogP) is 3.22. The van der Waals surface area contributed by atoms with Gasteiger partial charge in [0.1, 0.15) is 11.5 Å². The topological polar surface area (TPSA) is 42.2 Å². The van der Waals surface area contributed by atoms with E-state index >= 15 is 0 Å². The van der Waals surface area contributed by atoms with Crippen molar-refractivity contribution in [3.05, 3.63) is 58.6 Å². The maximum absolute atomic E-state index is 13.4. The van der Waals surface area contributed by atoms with Gasteiger partial charge in [-0.05, 0) is 24.1 Å². The van der Waals surface area contributed by atoms with E-state index in [0.29, 0.717) is 23.6 Å². The number of carbonyl (C=O) groups is 1. The van der Waals surface area contributed by atoms with Gasteiger partial charge in [-0.25, -0.2) is 9.18 Å². The van der Waals surface area contributed by atoms with Crippen molar-refractivity contribution >= 4 is 17.6 Å². The second-order valence-electron chi connectivity index (χ2n) is 3.88. The first kappa shape index (κ1) is 12.6. The van der Waals surface area contributed by atoms with Crippen LogP contribution in [0.5, 0.6) is 0 Å². The van der Waals surface area contributed by atoms with Gasteiger partial charge in [0.15, 0.2) is 0 Å². The zero-order chi connectivity index (χ0) is 13.1. The Bertz CT molecular complexity index is 580. The molecule has 0 radical (unpaired) electrons. The molecule has 0 aliphatic carbocycles. The van der Waals surface area contributed by atoms with Crippen LogP contribution in [0.25, 0.3) is 0 Å². The van der Waals surface area contributed by atoms with Gasteiger partial charge in [-0.2, -0.15) is 0 Å². The predicted molar refractivity (Wildman–Crippen MR) is 66.5 cm³/mol. The van der Waals surface area contributed by atoms with Crippen LogP contribution in [-0.4, -0.2) is 15.6 Å². The van der Waals surface area contributed by atoms with Gasteiger partial charge in [-0.1, -0.05) is 29.8 Å². The van der Waals surface area contributed by atoms with Crippen molar-refractivity contribution in [2.45, 2.75) is 13.0 Å². The summed E-state index contributed by atoms with van der Waals surface area (Å²) < 4.78 is 14.9. The molecule has 0 fully saturated rings. The molecule has 0 atom stereocenters. The molecular weight excluding hydrogens is 257 g/mol. The van der Waals surface area contributed by atoms with Gasteiger partial charge < -0.3 is 9.67 Å². The van der Waals surface area contributed by atoms with Crippen molar-refractivity contribution in [1.82, 2.24) is 4.57 Å². The first-order chi connectivity index (χ1) is 8.58. The zero-order valence-electron chi connectivity index (χ0n) is 9.44. The molecule has 0 saturated carbocycles. The lowest BCUT2D eigenvalue weighted by molar-refractivity contribution is 0.0685. The van der Waals surface area contributed by atoms with E-state index < -0.39 is 5.97 Å². The van der Waals surface area contributed by atoms with Gasteiger partial charge in [0.2, 0.25) is 0 Å². The summed E-state index contributed by atoms with van der Waals surface area (Å²) in [6.07, 6.45) is 1.95. The maximum Gasteiger partial charge on any atom is 0.352 e. The highest BCUT2D eigenvalue weighted by Gasteiger charge is 2.12. The summed E-state index contributed by atoms with van der Waals surface area (Å²) in [7, 11) is 0. The Labute approximate surface area is 108 Å². The third kappa shape index (κ3) is 2.71. The van der Waals surface area contributed by atoms with E-state index in [1.54, 1.807) is 18.2 Å². The monoisotopic (exact) mass is 267 g/mol. The van der Waals surface area contributed by atoms with Crippen LogP contribution in [0.1, 0.15) is 16.1 Å². The quantitative estimate of drug-likeness (QED) is 0.924. The van der Waals surface area contributed by atoms with Crippen LogP contribution in [0.3, 0.4) is 0 Å². The van der Waals surface area contributed by atoms with E-state index in [4.69, 9.17) is 16.7 Å². The van der Waals surface area contributed by atoms with E-state index in [9.17, 15) is 9.18 Å². The number of aryl methyl sites for hydroxylation is 2. The molecule has 0 amide bonds. The van der Waals surface area contributed by atoms with Crippen LogP contribution in [0, 0.1) is 5.82 Å². The highest BCUT2D eigenvalue weighted by molar-refractivity contribution is 6.30. The van der Waals surface area contributed by atoms with Crippen LogP contribution in [0.2, 0.25) is 5.02 Å². The van der Waals surface area contributed by atoms with E-state index in [2.05, 4.69) is 0 Å². The lowest BCUT2D eigenvalue weighted by Gasteiger charge is -2.06. The van der Waals surface area contributed by atoms with Crippen molar-refractivity contribution in [1.29, 1.82) is 0 Å². The molecule has 0 unspecified atom stereocenters. The number of nitrogens with zero attached hydrogens (tertiary/aromatic N) is 1. The molecule has 1 heterocycles. The molecule has 1 aromatic carbocycles. The van der Waals surface area contributed by atoms with Crippen LogP contribution in [-0.2, 0) is 13.0 Å². The van der Waals surface area contributed by atoms with Gasteiger partial charge in [0.25, 0.3) is 0 Å². The molecule has 5 heteroatoms. The third-order valence-electron chi connectivity index (χ3n) is 2.66. The van der Waals surface area contributed by atoms with E-state index in [-0.39, 0.29) is 11.5 Å². The Balaban J connectivity index is 2.16. The molecule has 3 nitrogen and oxygen atoms in total. The summed E-state index contributed by atoms with van der Waals surface area (Å²) in [6, 6.07) is 7.81. The van der Waals surface area contributed by atoms with Gasteiger partial charge in [0, 0.05) is 12.7 Å². The number of carboxylic acids is 1. The van der Waals surface area contributed by atoms with Crippen LogP contribution in [0.4, 0.5) is 4.39 Å². The number of aromatic nitrogens is 1. The van der Waals surface area contributed by atoms with Crippen molar-refractivity contribution < 1.29 is 14.3 Å². The average molecular weight is 268 g/mol. The van der Waals surface area contributed by atoms with Gasteiger partial charge in [-0.3, -0.25) is 0 Å². The average Bonchev–Trinajstić information content (AvgIpc) is 2.70. The number of carboxylic acid groups (broad SMARTS) is 1. The van der Waals surface area contributed by atoms with Gasteiger partial charge in [0.05, 0.1) is 5.02 Å². The smallest absolute Gasteiger partial charge is 0.352 e. The summed E-state index contributed by atoms with van der Waals surface area (Å²) in [5, 5.41) is 9.34. The zero-order valence-corrected chi connectivity index (χ0v) is 10.2. The highest BCUT2D eigenvalue weighted by Crippen LogP contribution is 2.16. The molecule has 0 spiro atoms. The maximum atomic E-state index is 13.4. The molecule has 2 aromatic rings. The molecule has 1 aromatic heterocycles. The first-order valence-electron chi connectivity index (χ1n) is 5.40. The number of halogens is 2. The standard InChI is InChI=1S/C13H11ClFNO2/c14-10-7-12(13(17)18)16(8-10)6-5-9-3-1-2-4-11(9)15/h1-4,7-8H,5-6H2,(H,17,18). The number of benzene rings is 1. The lowest BCUT2D eigenvalue weighted by Crippen LogP contribution is -2.09. The summed E-state index contributed by atoms with van der Waals surface area (Å²) in [5.74, 6) is -1.33. The van der Waals surface area contributed by atoms with Crippen molar-refractivity contribution in [3.8, 4) is 0 Å². The van der Waals surface area contributed by atoms with Crippen molar-refractivity contribution in [3.63, 3.8) is 0 Å². The second kappa shape index (κ2) is 5.23. The molecule has 94 valence electrons. The van der Waals surface area contributed by atoms with E-state index in [1.807, 2.05) is 0 Å². The van der Waals surface area contributed by atoms with E-state index in [1.165, 1.54) is 22.9 Å². The SMILES string of the molecule is O=C(O)c1cc(Cl)cn1CCc1ccccc1F. The number of hydrogen-bond donors (Lipinski definition) is 1. The largest absolute Gasteiger partial charge is 0.477 e. The van der Waals surface area contributed by atoms with E-state index in [0.717, 1.165) is 0 Å². The molecule has 2 rings (SSSR count). The molecule has 0 saturated heterocycles. The van der Waals surface area contributed by atoms with Gasteiger partial charge in [-0.15, -0.1) is 0 Å². The lowest BCUT2D eigenvalue weighted by atomic mass is 10.1. The summed E-state index contributed by atoms with van der Waals surface area (Å²) in [4.78, 5) is 11.0. The fraction of sp³-hybridized carbons (Fsp3) is 0.154. The minimum absolute atomic E-state index is 0.108. The fourth-order valence-electron chi connectivity index (χ4n) is 1.78. The second-order valence-corrected chi connectivity index (χ2v) is 4.32. The Morgan fingerprint density at radius 3 is 2.78 bits per heavy atom. The van der Waals surface area contributed by atoms with Crippen molar-refractivity contribution in [2.24, 2.45) is 0 Å². The normalized spacial score (nSPS) is 10.6. The summed E-state index contributed by atoms with van der Waals surface area (Å²) >= 11 is 5.76. The van der Waals surface area contributed by atoms with Gasteiger partial charge >= 0.3 is 5.97 Å². The third-order valence-corrected chi connectivity index (χ3v) is 2.87. The molecular formula is C13H11ClFNO2. The molecule has 18 heavy (non-hydrogen) atoms. The Morgan fingerprint density at radius 2 is 2.11 bits per heavy atom. The Kier molecular flexibility index (Phi) is 3.67. The minimum Gasteiger partial charge on any atom is -0.477 e. The molecule has 0 aliphatic heterocycles.